The third-order valence-corrected chi connectivity index (χ3v) is 2.58. The van der Waals surface area contributed by atoms with Crippen molar-refractivity contribution >= 4 is 5.69 Å². The number of benzene rings is 1. The van der Waals surface area contributed by atoms with E-state index in [1.54, 1.807) is 12.1 Å². The van der Waals surface area contributed by atoms with Gasteiger partial charge >= 0.3 is 0 Å². The van der Waals surface area contributed by atoms with Crippen LogP contribution in [-0.4, -0.2) is 24.2 Å². The molecule has 0 saturated heterocycles. The zero-order valence-electron chi connectivity index (χ0n) is 10.0. The molecular weight excluding hydrogens is 207 g/mol. The van der Waals surface area contributed by atoms with Gasteiger partial charge in [0.15, 0.2) is 11.6 Å². The highest BCUT2D eigenvalue weighted by atomic mass is 19.1. The van der Waals surface area contributed by atoms with Crippen LogP contribution in [0.4, 0.5) is 10.1 Å². The zero-order chi connectivity index (χ0) is 12.1. The van der Waals surface area contributed by atoms with Crippen molar-refractivity contribution in [3.63, 3.8) is 0 Å². The molecule has 0 bridgehead atoms. The maximum absolute atomic E-state index is 13.5. The van der Waals surface area contributed by atoms with Crippen molar-refractivity contribution in [3.8, 4) is 5.75 Å². The molecule has 4 heteroatoms. The Morgan fingerprint density at radius 3 is 2.50 bits per heavy atom. The van der Waals surface area contributed by atoms with E-state index in [0.717, 1.165) is 13.1 Å². The van der Waals surface area contributed by atoms with E-state index < -0.39 is 5.82 Å². The number of hydrogen-bond acceptors (Lipinski definition) is 3. The summed E-state index contributed by atoms with van der Waals surface area (Å²) in [7, 11) is 0. The Labute approximate surface area is 96.0 Å². The molecule has 0 radical (unpaired) electrons. The second-order valence-electron chi connectivity index (χ2n) is 3.63. The smallest absolute Gasteiger partial charge is 0.167 e. The number of nitrogens with two attached hydrogens (primary N) is 1. The van der Waals surface area contributed by atoms with Crippen molar-refractivity contribution in [1.82, 2.24) is 4.90 Å². The molecule has 16 heavy (non-hydrogen) atoms. The van der Waals surface area contributed by atoms with Crippen LogP contribution in [-0.2, 0) is 0 Å². The Morgan fingerprint density at radius 1 is 1.38 bits per heavy atom. The van der Waals surface area contributed by atoms with Gasteiger partial charge in [-0.05, 0) is 32.1 Å². The van der Waals surface area contributed by atoms with E-state index in [4.69, 9.17) is 10.5 Å². The molecule has 2 N–H and O–H groups in total. The maximum Gasteiger partial charge on any atom is 0.167 e. The summed E-state index contributed by atoms with van der Waals surface area (Å²) < 4.78 is 19.0. The molecule has 1 aromatic rings. The molecule has 0 aliphatic heterocycles. The molecule has 0 aliphatic carbocycles. The van der Waals surface area contributed by atoms with Gasteiger partial charge < -0.3 is 10.5 Å². The van der Waals surface area contributed by atoms with Crippen LogP contribution in [0.25, 0.3) is 0 Å². The van der Waals surface area contributed by atoms with Crippen LogP contribution in [0.1, 0.15) is 20.8 Å². The average molecular weight is 226 g/mol. The lowest BCUT2D eigenvalue weighted by Crippen LogP contribution is -2.37. The van der Waals surface area contributed by atoms with Gasteiger partial charge in [-0.25, -0.2) is 4.39 Å². The lowest BCUT2D eigenvalue weighted by Gasteiger charge is -2.26. The fourth-order valence-corrected chi connectivity index (χ4v) is 1.61. The van der Waals surface area contributed by atoms with Crippen molar-refractivity contribution in [2.24, 2.45) is 0 Å². The van der Waals surface area contributed by atoms with Gasteiger partial charge in [0.25, 0.3) is 0 Å². The Balaban J connectivity index is 2.72. The van der Waals surface area contributed by atoms with E-state index in [2.05, 4.69) is 4.90 Å². The largest absolute Gasteiger partial charge is 0.472 e. The van der Waals surface area contributed by atoms with Gasteiger partial charge in [-0.2, -0.15) is 0 Å². The normalized spacial score (nSPS) is 12.8. The summed E-state index contributed by atoms with van der Waals surface area (Å²) in [4.78, 5) is 2.09. The first kappa shape index (κ1) is 12.8. The van der Waals surface area contributed by atoms with Crippen LogP contribution in [0.5, 0.6) is 5.75 Å². The lowest BCUT2D eigenvalue weighted by atomic mass is 10.3. The van der Waals surface area contributed by atoms with E-state index in [1.807, 2.05) is 20.8 Å². The molecule has 0 spiro atoms. The highest BCUT2D eigenvalue weighted by Crippen LogP contribution is 2.21. The summed E-state index contributed by atoms with van der Waals surface area (Å²) >= 11 is 0. The van der Waals surface area contributed by atoms with E-state index in [-0.39, 0.29) is 12.0 Å². The molecule has 1 atom stereocenters. The number of nitrogens with zero attached hydrogens (tertiary/aromatic N) is 1. The van der Waals surface area contributed by atoms with Crippen LogP contribution in [0.15, 0.2) is 18.2 Å². The minimum atomic E-state index is -0.418. The predicted octanol–water partition coefficient (Wildman–Crippen LogP) is 2.47. The molecule has 1 unspecified atom stereocenters. The van der Waals surface area contributed by atoms with Crippen LogP contribution in [0, 0.1) is 5.82 Å². The van der Waals surface area contributed by atoms with E-state index in [9.17, 15) is 4.39 Å². The van der Waals surface area contributed by atoms with Crippen LogP contribution >= 0.6 is 0 Å². The summed E-state index contributed by atoms with van der Waals surface area (Å²) in [6.45, 7) is 7.73. The molecule has 0 aromatic heterocycles. The molecule has 0 amide bonds. The number of ether oxygens (including phenoxy) is 1. The third-order valence-electron chi connectivity index (χ3n) is 2.58. The Morgan fingerprint density at radius 2 is 2.00 bits per heavy atom. The standard InChI is InChI=1S/C12H19FN2O/c1-4-15(5-2)9(3)16-12-7-6-10(14)8-11(12)13/h6-9H,4-5,14H2,1-3H3. The van der Waals surface area contributed by atoms with Crippen LogP contribution in [0.2, 0.25) is 0 Å². The van der Waals surface area contributed by atoms with Gasteiger partial charge in [-0.15, -0.1) is 0 Å². The molecule has 1 rings (SSSR count). The first-order valence-electron chi connectivity index (χ1n) is 5.54. The highest BCUT2D eigenvalue weighted by molar-refractivity contribution is 5.42. The molecule has 0 heterocycles. The predicted molar refractivity (Wildman–Crippen MR) is 63.8 cm³/mol. The van der Waals surface area contributed by atoms with Crippen molar-refractivity contribution in [2.75, 3.05) is 18.8 Å². The topological polar surface area (TPSA) is 38.5 Å². The molecule has 0 fully saturated rings. The van der Waals surface area contributed by atoms with E-state index >= 15 is 0 Å². The summed E-state index contributed by atoms with van der Waals surface area (Å²) in [5.74, 6) is -0.174. The van der Waals surface area contributed by atoms with E-state index in [1.165, 1.54) is 6.07 Å². The first-order valence-corrected chi connectivity index (χ1v) is 5.54. The number of anilines is 1. The van der Waals surface area contributed by atoms with Crippen molar-refractivity contribution in [1.29, 1.82) is 0 Å². The Hall–Kier alpha value is -1.29. The summed E-state index contributed by atoms with van der Waals surface area (Å²) in [6.07, 6.45) is -0.145. The van der Waals surface area contributed by atoms with E-state index in [0.29, 0.717) is 5.69 Å². The second-order valence-corrected chi connectivity index (χ2v) is 3.63. The van der Waals surface area contributed by atoms with Gasteiger partial charge in [0, 0.05) is 11.8 Å². The number of nitrogen functional groups attached to an aromatic ring is 1. The highest BCUT2D eigenvalue weighted by Gasteiger charge is 2.13. The molecule has 1 aromatic carbocycles. The molecule has 3 nitrogen and oxygen atoms in total. The van der Waals surface area contributed by atoms with Gasteiger partial charge in [0.2, 0.25) is 0 Å². The van der Waals surface area contributed by atoms with Crippen LogP contribution < -0.4 is 10.5 Å². The second kappa shape index (κ2) is 5.70. The quantitative estimate of drug-likeness (QED) is 0.619. The first-order chi connectivity index (χ1) is 7.58. The SMILES string of the molecule is CCN(CC)C(C)Oc1ccc(N)cc1F. The molecule has 0 saturated carbocycles. The van der Waals surface area contributed by atoms with Crippen molar-refractivity contribution in [3.05, 3.63) is 24.0 Å². The van der Waals surface area contributed by atoms with Crippen molar-refractivity contribution in [2.45, 2.75) is 27.0 Å². The molecular formula is C12H19FN2O. The number of rotatable bonds is 5. The van der Waals surface area contributed by atoms with Crippen LogP contribution in [0.3, 0.4) is 0 Å². The number of halogens is 1. The maximum atomic E-state index is 13.5. The minimum absolute atomic E-state index is 0.145. The zero-order valence-corrected chi connectivity index (χ0v) is 10.0. The number of hydrogen-bond donors (Lipinski definition) is 1. The fourth-order valence-electron chi connectivity index (χ4n) is 1.61. The monoisotopic (exact) mass is 226 g/mol. The van der Waals surface area contributed by atoms with Gasteiger partial charge in [0.05, 0.1) is 0 Å². The lowest BCUT2D eigenvalue weighted by molar-refractivity contribution is 0.0448. The summed E-state index contributed by atoms with van der Waals surface area (Å²) in [6, 6.07) is 4.46. The summed E-state index contributed by atoms with van der Waals surface area (Å²) in [5.41, 5.74) is 5.87. The Kier molecular flexibility index (Phi) is 4.55. The van der Waals surface area contributed by atoms with Crippen molar-refractivity contribution < 1.29 is 9.13 Å². The Bertz CT molecular complexity index is 340. The average Bonchev–Trinajstić information content (AvgIpc) is 2.24. The van der Waals surface area contributed by atoms with Gasteiger partial charge in [-0.1, -0.05) is 13.8 Å². The molecule has 90 valence electrons. The minimum Gasteiger partial charge on any atom is -0.472 e. The summed E-state index contributed by atoms with van der Waals surface area (Å²) in [5, 5.41) is 0. The van der Waals surface area contributed by atoms with Gasteiger partial charge in [0.1, 0.15) is 6.23 Å². The van der Waals surface area contributed by atoms with Gasteiger partial charge in [-0.3, -0.25) is 4.90 Å². The molecule has 0 aliphatic rings. The third kappa shape index (κ3) is 3.10. The fraction of sp³-hybridized carbons (Fsp3) is 0.500.